The lowest BCUT2D eigenvalue weighted by atomic mass is 10.2. The summed E-state index contributed by atoms with van der Waals surface area (Å²) in [6, 6.07) is 16.7. The summed E-state index contributed by atoms with van der Waals surface area (Å²) in [6.45, 7) is 2.07. The number of nitrogens with zero attached hydrogens (tertiary/aromatic N) is 1. The fourth-order valence-electron chi connectivity index (χ4n) is 2.25. The lowest BCUT2D eigenvalue weighted by Gasteiger charge is -2.07. The van der Waals surface area contributed by atoms with Crippen LogP contribution >= 0.6 is 11.6 Å². The number of anilines is 1. The molecule has 1 amide bonds. The third-order valence-electron chi connectivity index (χ3n) is 3.61. The molecule has 3 rings (SSSR count). The number of hydrogen-bond donors (Lipinski definition) is 1. The van der Waals surface area contributed by atoms with Crippen molar-refractivity contribution in [3.8, 4) is 11.5 Å². The molecule has 0 spiro atoms. The summed E-state index contributed by atoms with van der Waals surface area (Å²) in [7, 11) is 0. The largest absolute Gasteiger partial charge is 0.444 e. The topological polar surface area (TPSA) is 64.4 Å². The van der Waals surface area contributed by atoms with Crippen LogP contribution in [-0.2, 0) is 17.2 Å². The Bertz CT molecular complexity index is 845. The van der Waals surface area contributed by atoms with Crippen molar-refractivity contribution in [3.05, 3.63) is 71.6 Å². The maximum atomic E-state index is 11.8. The zero-order chi connectivity index (χ0) is 17.6. The molecular formula is C19H17ClN2O3. The zero-order valence-corrected chi connectivity index (χ0v) is 14.4. The molecule has 5 nitrogen and oxygen atoms in total. The standard InChI is InChI=1S/C19H17ClN2O3/c1-13-17(11-20)25-18(21-13)15-7-9-16(10-8-15)22-19(23)24-12-14-5-3-2-4-6-14/h2-10H,11-12H2,1H3,(H,22,23). The highest BCUT2D eigenvalue weighted by Crippen LogP contribution is 2.24. The van der Waals surface area contributed by atoms with Gasteiger partial charge in [-0.15, -0.1) is 11.6 Å². The molecule has 0 saturated heterocycles. The average Bonchev–Trinajstić information content (AvgIpc) is 3.02. The SMILES string of the molecule is Cc1nc(-c2ccc(NC(=O)OCc3ccccc3)cc2)oc1CCl. The minimum absolute atomic E-state index is 0.224. The third kappa shape index (κ3) is 4.39. The number of halogens is 1. The first-order valence-corrected chi connectivity index (χ1v) is 8.29. The van der Waals surface area contributed by atoms with E-state index in [-0.39, 0.29) is 12.5 Å². The quantitative estimate of drug-likeness (QED) is 0.643. The molecule has 1 N–H and O–H groups in total. The van der Waals surface area contributed by atoms with Gasteiger partial charge in [0.25, 0.3) is 0 Å². The van der Waals surface area contributed by atoms with Crippen LogP contribution in [0.15, 0.2) is 59.0 Å². The maximum Gasteiger partial charge on any atom is 0.411 e. The highest BCUT2D eigenvalue weighted by Gasteiger charge is 2.11. The number of oxazole rings is 1. The van der Waals surface area contributed by atoms with Gasteiger partial charge in [0.15, 0.2) is 0 Å². The number of hydrogen-bond acceptors (Lipinski definition) is 4. The van der Waals surface area contributed by atoms with Crippen molar-refractivity contribution < 1.29 is 13.9 Å². The number of nitrogens with one attached hydrogen (secondary N) is 1. The summed E-state index contributed by atoms with van der Waals surface area (Å²) in [6.07, 6.45) is -0.506. The van der Waals surface area contributed by atoms with Gasteiger partial charge in [0.05, 0.1) is 11.6 Å². The second kappa shape index (κ2) is 7.85. The van der Waals surface area contributed by atoms with E-state index in [0.29, 0.717) is 17.3 Å². The van der Waals surface area contributed by atoms with E-state index < -0.39 is 6.09 Å². The number of carbonyl (C=O) groups excluding carboxylic acids is 1. The van der Waals surface area contributed by atoms with Gasteiger partial charge in [-0.3, -0.25) is 5.32 Å². The summed E-state index contributed by atoms with van der Waals surface area (Å²) in [4.78, 5) is 16.2. The number of benzene rings is 2. The molecule has 25 heavy (non-hydrogen) atoms. The fourth-order valence-corrected chi connectivity index (χ4v) is 2.50. The van der Waals surface area contributed by atoms with Crippen LogP contribution in [0.25, 0.3) is 11.5 Å². The second-order valence-corrected chi connectivity index (χ2v) is 5.69. The molecule has 2 aromatic carbocycles. The number of alkyl halides is 1. The summed E-state index contributed by atoms with van der Waals surface area (Å²) in [5.41, 5.74) is 3.14. The van der Waals surface area contributed by atoms with Crippen molar-refractivity contribution in [2.75, 3.05) is 5.32 Å². The first-order chi connectivity index (χ1) is 12.2. The van der Waals surface area contributed by atoms with E-state index in [9.17, 15) is 4.79 Å². The molecule has 0 unspecified atom stereocenters. The Hall–Kier alpha value is -2.79. The van der Waals surface area contributed by atoms with Crippen molar-refractivity contribution in [2.24, 2.45) is 0 Å². The van der Waals surface area contributed by atoms with Crippen LogP contribution in [0.1, 0.15) is 17.0 Å². The Balaban J connectivity index is 1.59. The molecule has 6 heteroatoms. The first kappa shape index (κ1) is 17.0. The third-order valence-corrected chi connectivity index (χ3v) is 3.85. The van der Waals surface area contributed by atoms with Crippen LogP contribution in [0.3, 0.4) is 0 Å². The lowest BCUT2D eigenvalue weighted by molar-refractivity contribution is 0.155. The van der Waals surface area contributed by atoms with Crippen molar-refractivity contribution in [2.45, 2.75) is 19.4 Å². The van der Waals surface area contributed by atoms with E-state index in [1.807, 2.05) is 49.4 Å². The highest BCUT2D eigenvalue weighted by atomic mass is 35.5. The van der Waals surface area contributed by atoms with Gasteiger partial charge in [-0.2, -0.15) is 0 Å². The van der Waals surface area contributed by atoms with Crippen LogP contribution in [0, 0.1) is 6.92 Å². The Morgan fingerprint density at radius 2 is 1.88 bits per heavy atom. The first-order valence-electron chi connectivity index (χ1n) is 7.76. The van der Waals surface area contributed by atoms with Gasteiger partial charge in [0.2, 0.25) is 5.89 Å². The van der Waals surface area contributed by atoms with E-state index in [4.69, 9.17) is 20.8 Å². The number of ether oxygens (including phenoxy) is 1. The molecule has 0 saturated carbocycles. The summed E-state index contributed by atoms with van der Waals surface area (Å²) in [5, 5.41) is 2.69. The molecule has 0 aliphatic heterocycles. The average molecular weight is 357 g/mol. The van der Waals surface area contributed by atoms with Crippen LogP contribution in [0.2, 0.25) is 0 Å². The summed E-state index contributed by atoms with van der Waals surface area (Å²) >= 11 is 5.79. The van der Waals surface area contributed by atoms with Crippen LogP contribution in [0.4, 0.5) is 10.5 Å². The van der Waals surface area contributed by atoms with Crippen molar-refractivity contribution in [1.82, 2.24) is 4.98 Å². The van der Waals surface area contributed by atoms with Gasteiger partial charge in [-0.25, -0.2) is 9.78 Å². The fraction of sp³-hybridized carbons (Fsp3) is 0.158. The van der Waals surface area contributed by atoms with E-state index >= 15 is 0 Å². The number of amides is 1. The van der Waals surface area contributed by atoms with Crippen molar-refractivity contribution in [1.29, 1.82) is 0 Å². The van der Waals surface area contributed by atoms with E-state index in [0.717, 1.165) is 16.8 Å². The van der Waals surface area contributed by atoms with Gasteiger partial charge in [-0.05, 0) is 36.8 Å². The van der Waals surface area contributed by atoms with E-state index in [1.165, 1.54) is 0 Å². The zero-order valence-electron chi connectivity index (χ0n) is 13.7. The molecule has 0 fully saturated rings. The number of carbonyl (C=O) groups is 1. The van der Waals surface area contributed by atoms with Crippen LogP contribution in [0.5, 0.6) is 0 Å². The van der Waals surface area contributed by atoms with Crippen molar-refractivity contribution >= 4 is 23.4 Å². The monoisotopic (exact) mass is 356 g/mol. The smallest absolute Gasteiger partial charge is 0.411 e. The summed E-state index contributed by atoms with van der Waals surface area (Å²) < 4.78 is 10.8. The van der Waals surface area contributed by atoms with Crippen LogP contribution < -0.4 is 5.32 Å². The maximum absolute atomic E-state index is 11.8. The van der Waals surface area contributed by atoms with Gasteiger partial charge < -0.3 is 9.15 Å². The molecule has 3 aromatic rings. The Morgan fingerprint density at radius 3 is 2.52 bits per heavy atom. The van der Waals surface area contributed by atoms with Gasteiger partial charge in [-0.1, -0.05) is 30.3 Å². The number of rotatable bonds is 5. The number of aryl methyl sites for hydroxylation is 1. The van der Waals surface area contributed by atoms with Crippen LogP contribution in [-0.4, -0.2) is 11.1 Å². The molecule has 0 atom stereocenters. The molecular weight excluding hydrogens is 340 g/mol. The molecule has 0 radical (unpaired) electrons. The van der Waals surface area contributed by atoms with Gasteiger partial charge in [0.1, 0.15) is 12.4 Å². The van der Waals surface area contributed by atoms with Crippen molar-refractivity contribution in [3.63, 3.8) is 0 Å². The lowest BCUT2D eigenvalue weighted by Crippen LogP contribution is -2.13. The highest BCUT2D eigenvalue weighted by molar-refractivity contribution is 6.16. The summed E-state index contributed by atoms with van der Waals surface area (Å²) in [5.74, 6) is 1.45. The van der Waals surface area contributed by atoms with Gasteiger partial charge in [0, 0.05) is 11.3 Å². The number of aromatic nitrogens is 1. The Kier molecular flexibility index (Phi) is 5.36. The Labute approximate surface area is 150 Å². The molecule has 1 heterocycles. The molecule has 0 bridgehead atoms. The van der Waals surface area contributed by atoms with E-state index in [1.54, 1.807) is 12.1 Å². The second-order valence-electron chi connectivity index (χ2n) is 5.43. The van der Waals surface area contributed by atoms with E-state index in [2.05, 4.69) is 10.3 Å². The minimum atomic E-state index is -0.506. The molecule has 0 aliphatic rings. The Morgan fingerprint density at radius 1 is 1.16 bits per heavy atom. The van der Waals surface area contributed by atoms with Gasteiger partial charge >= 0.3 is 6.09 Å². The predicted molar refractivity (Wildman–Crippen MR) is 96.5 cm³/mol. The molecule has 128 valence electrons. The predicted octanol–water partition coefficient (Wildman–Crippen LogP) is 5.14. The normalized spacial score (nSPS) is 10.5. The molecule has 1 aromatic heterocycles. The minimum Gasteiger partial charge on any atom is -0.444 e. The molecule has 0 aliphatic carbocycles.